The molecule has 0 aliphatic heterocycles. The van der Waals surface area contributed by atoms with Crippen LogP contribution in [0.25, 0.3) is 6.08 Å². The number of aromatic nitrogens is 1. The Labute approximate surface area is 188 Å². The van der Waals surface area contributed by atoms with E-state index in [4.69, 9.17) is 0 Å². The molecule has 0 aliphatic rings. The van der Waals surface area contributed by atoms with Crippen LogP contribution in [0.4, 0.5) is 18.3 Å². The molecule has 1 N–H and O–H groups in total. The number of nitriles is 1. The first-order chi connectivity index (χ1) is 15.2. The SMILES string of the molecule is CC(C)c1ccc(/C=C(\C#N)C(=O)Nc2ncc(Cc3cccc(C(F)(F)F)c3)s2)cc1. The first-order valence-corrected chi connectivity index (χ1v) is 10.6. The highest BCUT2D eigenvalue weighted by Crippen LogP contribution is 2.30. The molecule has 0 aliphatic carbocycles. The molecular weight excluding hydrogens is 435 g/mol. The lowest BCUT2D eigenvalue weighted by atomic mass is 10.0. The summed E-state index contributed by atoms with van der Waals surface area (Å²) in [5, 5.41) is 12.2. The monoisotopic (exact) mass is 455 g/mol. The number of hydrogen-bond donors (Lipinski definition) is 1. The average Bonchev–Trinajstić information content (AvgIpc) is 3.18. The number of alkyl halides is 3. The molecule has 3 aromatic rings. The predicted octanol–water partition coefficient (Wildman–Crippen LogP) is 6.42. The van der Waals surface area contributed by atoms with Crippen molar-refractivity contribution in [1.82, 2.24) is 4.98 Å². The highest BCUT2D eigenvalue weighted by molar-refractivity contribution is 7.15. The van der Waals surface area contributed by atoms with E-state index in [2.05, 4.69) is 24.1 Å². The maximum absolute atomic E-state index is 12.9. The van der Waals surface area contributed by atoms with Crippen molar-refractivity contribution in [3.05, 3.63) is 87.4 Å². The van der Waals surface area contributed by atoms with Gasteiger partial charge in [0.15, 0.2) is 5.13 Å². The fourth-order valence-electron chi connectivity index (χ4n) is 2.96. The molecule has 0 unspecified atom stereocenters. The molecule has 0 bridgehead atoms. The Morgan fingerprint density at radius 3 is 2.56 bits per heavy atom. The Morgan fingerprint density at radius 1 is 1.22 bits per heavy atom. The van der Waals surface area contributed by atoms with Gasteiger partial charge in [0.2, 0.25) is 0 Å². The number of anilines is 1. The van der Waals surface area contributed by atoms with Crippen LogP contribution in [0.2, 0.25) is 0 Å². The molecule has 1 heterocycles. The van der Waals surface area contributed by atoms with Gasteiger partial charge in [-0.2, -0.15) is 18.4 Å². The third-order valence-electron chi connectivity index (χ3n) is 4.69. The number of nitrogens with one attached hydrogen (secondary N) is 1. The quantitative estimate of drug-likeness (QED) is 0.344. The van der Waals surface area contributed by atoms with E-state index in [-0.39, 0.29) is 17.1 Å². The van der Waals surface area contributed by atoms with Gasteiger partial charge in [-0.05, 0) is 34.8 Å². The number of nitrogens with zero attached hydrogens (tertiary/aromatic N) is 2. The first-order valence-electron chi connectivity index (χ1n) is 9.79. The van der Waals surface area contributed by atoms with E-state index in [0.717, 1.165) is 34.6 Å². The molecule has 0 fully saturated rings. The molecule has 0 atom stereocenters. The molecule has 0 radical (unpaired) electrons. The Kier molecular flexibility index (Phi) is 7.11. The summed E-state index contributed by atoms with van der Waals surface area (Å²) in [4.78, 5) is 17.3. The summed E-state index contributed by atoms with van der Waals surface area (Å²) in [6.45, 7) is 4.16. The van der Waals surface area contributed by atoms with Crippen molar-refractivity contribution in [3.63, 3.8) is 0 Å². The minimum Gasteiger partial charge on any atom is -0.297 e. The fourth-order valence-corrected chi connectivity index (χ4v) is 3.80. The number of hydrogen-bond acceptors (Lipinski definition) is 4. The van der Waals surface area contributed by atoms with E-state index in [0.29, 0.717) is 16.4 Å². The first kappa shape index (κ1) is 23.2. The van der Waals surface area contributed by atoms with Gasteiger partial charge in [0.05, 0.1) is 5.56 Å². The molecule has 32 heavy (non-hydrogen) atoms. The molecule has 1 aromatic heterocycles. The van der Waals surface area contributed by atoms with Crippen molar-refractivity contribution in [1.29, 1.82) is 5.26 Å². The van der Waals surface area contributed by atoms with Crippen molar-refractivity contribution >= 4 is 28.5 Å². The van der Waals surface area contributed by atoms with E-state index in [1.807, 2.05) is 30.3 Å². The van der Waals surface area contributed by atoms with Crippen LogP contribution in [0.5, 0.6) is 0 Å². The van der Waals surface area contributed by atoms with Gasteiger partial charge in [-0.25, -0.2) is 4.98 Å². The lowest BCUT2D eigenvalue weighted by Crippen LogP contribution is -2.13. The van der Waals surface area contributed by atoms with Crippen LogP contribution in [0, 0.1) is 11.3 Å². The second-order valence-electron chi connectivity index (χ2n) is 7.45. The maximum atomic E-state index is 12.9. The van der Waals surface area contributed by atoms with Gasteiger partial charge < -0.3 is 0 Å². The Hall–Kier alpha value is -3.44. The third kappa shape index (κ3) is 6.05. The maximum Gasteiger partial charge on any atom is 0.416 e. The van der Waals surface area contributed by atoms with Crippen molar-refractivity contribution < 1.29 is 18.0 Å². The zero-order valence-electron chi connectivity index (χ0n) is 17.4. The van der Waals surface area contributed by atoms with Gasteiger partial charge in [0.25, 0.3) is 5.91 Å². The van der Waals surface area contributed by atoms with Crippen molar-refractivity contribution in [2.75, 3.05) is 5.32 Å². The number of carbonyl (C=O) groups excluding carboxylic acids is 1. The van der Waals surface area contributed by atoms with Gasteiger partial charge in [-0.15, -0.1) is 11.3 Å². The number of amides is 1. The third-order valence-corrected chi connectivity index (χ3v) is 5.60. The van der Waals surface area contributed by atoms with Crippen LogP contribution in [-0.2, 0) is 17.4 Å². The highest BCUT2D eigenvalue weighted by atomic mass is 32.1. The average molecular weight is 456 g/mol. The van der Waals surface area contributed by atoms with Gasteiger partial charge in [0.1, 0.15) is 11.6 Å². The van der Waals surface area contributed by atoms with Crippen LogP contribution in [-0.4, -0.2) is 10.9 Å². The van der Waals surface area contributed by atoms with Gasteiger partial charge in [0, 0.05) is 17.5 Å². The molecule has 4 nitrogen and oxygen atoms in total. The zero-order chi connectivity index (χ0) is 23.3. The van der Waals surface area contributed by atoms with E-state index in [1.54, 1.807) is 6.07 Å². The minimum absolute atomic E-state index is 0.0723. The summed E-state index contributed by atoms with van der Waals surface area (Å²) < 4.78 is 38.7. The van der Waals surface area contributed by atoms with Gasteiger partial charge >= 0.3 is 6.18 Å². The second kappa shape index (κ2) is 9.79. The van der Waals surface area contributed by atoms with Crippen molar-refractivity contribution in [3.8, 4) is 6.07 Å². The van der Waals surface area contributed by atoms with Crippen molar-refractivity contribution in [2.24, 2.45) is 0 Å². The predicted molar refractivity (Wildman–Crippen MR) is 119 cm³/mol. The van der Waals surface area contributed by atoms with E-state index in [9.17, 15) is 23.2 Å². The molecule has 0 spiro atoms. The van der Waals surface area contributed by atoms with Gasteiger partial charge in [-0.3, -0.25) is 10.1 Å². The fraction of sp³-hybridized carbons (Fsp3) is 0.208. The molecule has 1 amide bonds. The summed E-state index contributed by atoms with van der Waals surface area (Å²) in [6, 6.07) is 14.6. The Bertz CT molecular complexity index is 1170. The zero-order valence-corrected chi connectivity index (χ0v) is 18.2. The summed E-state index contributed by atoms with van der Waals surface area (Å²) in [5.41, 5.74) is 1.59. The molecular formula is C24H20F3N3OS. The van der Waals surface area contributed by atoms with Crippen LogP contribution in [0.3, 0.4) is 0 Å². The van der Waals surface area contributed by atoms with E-state index >= 15 is 0 Å². The normalized spacial score (nSPS) is 12.0. The van der Waals surface area contributed by atoms with E-state index in [1.165, 1.54) is 18.3 Å². The lowest BCUT2D eigenvalue weighted by molar-refractivity contribution is -0.137. The molecule has 0 saturated carbocycles. The summed E-state index contributed by atoms with van der Waals surface area (Å²) in [7, 11) is 0. The van der Waals surface area contributed by atoms with Crippen LogP contribution in [0.15, 0.2) is 60.3 Å². The second-order valence-corrected chi connectivity index (χ2v) is 8.57. The Balaban J connectivity index is 1.69. The molecule has 164 valence electrons. The lowest BCUT2D eigenvalue weighted by Gasteiger charge is -2.07. The number of thiazole rings is 1. The van der Waals surface area contributed by atoms with Crippen LogP contribution < -0.4 is 5.32 Å². The number of benzene rings is 2. The minimum atomic E-state index is -4.40. The number of halogens is 3. The van der Waals surface area contributed by atoms with E-state index < -0.39 is 17.6 Å². The standard InChI is InChI=1S/C24H20F3N3OS/c1-15(2)18-8-6-16(7-9-18)10-19(13-28)22(31)30-23-29-14-21(32-23)12-17-4-3-5-20(11-17)24(25,26)27/h3-11,14-15H,12H2,1-2H3,(H,29,30,31)/b19-10+. The molecule has 2 aromatic carbocycles. The Morgan fingerprint density at radius 2 is 1.94 bits per heavy atom. The largest absolute Gasteiger partial charge is 0.416 e. The smallest absolute Gasteiger partial charge is 0.297 e. The molecule has 3 rings (SSSR count). The van der Waals surface area contributed by atoms with Crippen molar-refractivity contribution in [2.45, 2.75) is 32.4 Å². The summed E-state index contributed by atoms with van der Waals surface area (Å²) in [6.07, 6.45) is -1.16. The summed E-state index contributed by atoms with van der Waals surface area (Å²) in [5.74, 6) is -0.220. The molecule has 0 saturated heterocycles. The molecule has 8 heteroatoms. The highest BCUT2D eigenvalue weighted by Gasteiger charge is 2.30. The van der Waals surface area contributed by atoms with Gasteiger partial charge in [-0.1, -0.05) is 56.3 Å². The summed E-state index contributed by atoms with van der Waals surface area (Å²) >= 11 is 1.15. The van der Waals surface area contributed by atoms with Crippen LogP contribution in [0.1, 0.15) is 46.9 Å². The number of rotatable bonds is 6. The number of carbonyl (C=O) groups is 1. The van der Waals surface area contributed by atoms with Crippen LogP contribution >= 0.6 is 11.3 Å². The topological polar surface area (TPSA) is 65.8 Å².